The zero-order valence-electron chi connectivity index (χ0n) is 15.1. The number of aromatic nitrogens is 3. The van der Waals surface area contributed by atoms with Crippen LogP contribution in [0.5, 0.6) is 0 Å². The SMILES string of the molecule is CC(C)Cc1ncc(NC(=O)NCCc2ccnc3ccccc23)cn1. The van der Waals surface area contributed by atoms with Gasteiger partial charge in [-0.2, -0.15) is 0 Å². The molecule has 0 unspecified atom stereocenters. The lowest BCUT2D eigenvalue weighted by molar-refractivity contribution is 0.252. The summed E-state index contributed by atoms with van der Waals surface area (Å²) in [6.45, 7) is 4.77. The van der Waals surface area contributed by atoms with Gasteiger partial charge in [-0.05, 0) is 30.0 Å². The number of anilines is 1. The number of amides is 2. The van der Waals surface area contributed by atoms with Crippen molar-refractivity contribution in [2.75, 3.05) is 11.9 Å². The minimum absolute atomic E-state index is 0.261. The number of urea groups is 1. The molecule has 1 aromatic carbocycles. The third-order valence-electron chi connectivity index (χ3n) is 3.97. The van der Waals surface area contributed by atoms with Gasteiger partial charge in [0.25, 0.3) is 0 Å². The van der Waals surface area contributed by atoms with Crippen LogP contribution in [0, 0.1) is 5.92 Å². The largest absolute Gasteiger partial charge is 0.338 e. The van der Waals surface area contributed by atoms with Crippen molar-refractivity contribution in [3.05, 3.63) is 60.3 Å². The molecule has 0 aliphatic heterocycles. The Hall–Kier alpha value is -3.02. The van der Waals surface area contributed by atoms with Gasteiger partial charge in [0.2, 0.25) is 0 Å². The Morgan fingerprint density at radius 2 is 1.85 bits per heavy atom. The first-order valence-corrected chi connectivity index (χ1v) is 8.80. The van der Waals surface area contributed by atoms with Crippen molar-refractivity contribution in [3.8, 4) is 0 Å². The van der Waals surface area contributed by atoms with Crippen LogP contribution in [0.1, 0.15) is 25.2 Å². The highest BCUT2D eigenvalue weighted by Gasteiger charge is 2.06. The molecule has 0 saturated heterocycles. The molecule has 3 rings (SSSR count). The third-order valence-corrected chi connectivity index (χ3v) is 3.97. The summed E-state index contributed by atoms with van der Waals surface area (Å²) in [7, 11) is 0. The van der Waals surface area contributed by atoms with E-state index in [0.29, 0.717) is 18.2 Å². The van der Waals surface area contributed by atoms with Gasteiger partial charge in [0, 0.05) is 24.5 Å². The molecule has 0 fully saturated rings. The zero-order chi connectivity index (χ0) is 18.4. The number of hydrogen-bond acceptors (Lipinski definition) is 4. The van der Waals surface area contributed by atoms with E-state index < -0.39 is 0 Å². The smallest absolute Gasteiger partial charge is 0.319 e. The molecule has 0 aliphatic carbocycles. The molecule has 0 aliphatic rings. The van der Waals surface area contributed by atoms with Crippen molar-refractivity contribution in [2.24, 2.45) is 5.92 Å². The maximum Gasteiger partial charge on any atom is 0.319 e. The van der Waals surface area contributed by atoms with Gasteiger partial charge in [0.15, 0.2) is 0 Å². The van der Waals surface area contributed by atoms with Crippen molar-refractivity contribution in [1.82, 2.24) is 20.3 Å². The summed E-state index contributed by atoms with van der Waals surface area (Å²) in [5.74, 6) is 1.29. The van der Waals surface area contributed by atoms with Gasteiger partial charge in [-0.15, -0.1) is 0 Å². The predicted molar refractivity (Wildman–Crippen MR) is 103 cm³/mol. The molecule has 0 spiro atoms. The molecule has 3 aromatic rings. The summed E-state index contributed by atoms with van der Waals surface area (Å²) in [5.41, 5.74) is 2.72. The number of carbonyl (C=O) groups is 1. The van der Waals surface area contributed by atoms with Gasteiger partial charge < -0.3 is 10.6 Å². The van der Waals surface area contributed by atoms with Crippen molar-refractivity contribution < 1.29 is 4.79 Å². The van der Waals surface area contributed by atoms with E-state index >= 15 is 0 Å². The molecule has 0 atom stereocenters. The van der Waals surface area contributed by atoms with Crippen molar-refractivity contribution in [1.29, 1.82) is 0 Å². The van der Waals surface area contributed by atoms with E-state index in [1.165, 1.54) is 0 Å². The number of benzene rings is 1. The molecule has 0 radical (unpaired) electrons. The number of carbonyl (C=O) groups excluding carboxylic acids is 1. The van der Waals surface area contributed by atoms with Crippen LogP contribution in [0.4, 0.5) is 10.5 Å². The molecular weight excluding hydrogens is 326 g/mol. The first-order valence-electron chi connectivity index (χ1n) is 8.80. The van der Waals surface area contributed by atoms with Crippen molar-refractivity contribution in [3.63, 3.8) is 0 Å². The van der Waals surface area contributed by atoms with Crippen LogP contribution in [0.3, 0.4) is 0 Å². The maximum absolute atomic E-state index is 12.0. The fraction of sp³-hybridized carbons (Fsp3) is 0.300. The van der Waals surface area contributed by atoms with Gasteiger partial charge in [-0.25, -0.2) is 14.8 Å². The Morgan fingerprint density at radius 1 is 1.08 bits per heavy atom. The molecule has 2 aromatic heterocycles. The van der Waals surface area contributed by atoms with Gasteiger partial charge in [-0.3, -0.25) is 4.98 Å². The number of pyridine rings is 1. The van der Waals surface area contributed by atoms with Crippen molar-refractivity contribution >= 4 is 22.6 Å². The number of hydrogen-bond donors (Lipinski definition) is 2. The van der Waals surface area contributed by atoms with Crippen LogP contribution < -0.4 is 10.6 Å². The number of nitrogens with one attached hydrogen (secondary N) is 2. The van der Waals surface area contributed by atoms with E-state index in [1.54, 1.807) is 18.6 Å². The minimum atomic E-state index is -0.261. The van der Waals surface area contributed by atoms with E-state index in [9.17, 15) is 4.79 Å². The third kappa shape index (κ3) is 4.75. The molecule has 2 N–H and O–H groups in total. The molecule has 2 heterocycles. The highest BCUT2D eigenvalue weighted by molar-refractivity contribution is 5.89. The second kappa shape index (κ2) is 8.38. The van der Waals surface area contributed by atoms with Gasteiger partial charge in [0.05, 0.1) is 23.6 Å². The molecule has 0 bridgehead atoms. The average Bonchev–Trinajstić information content (AvgIpc) is 2.63. The minimum Gasteiger partial charge on any atom is -0.338 e. The standard InChI is InChI=1S/C20H23N5O/c1-14(2)11-19-23-12-16(13-24-19)25-20(26)22-10-8-15-7-9-21-18-6-4-3-5-17(15)18/h3-7,9,12-14H,8,10-11H2,1-2H3,(H2,22,25,26). The topological polar surface area (TPSA) is 79.8 Å². The number of nitrogens with zero attached hydrogens (tertiary/aromatic N) is 3. The van der Waals surface area contributed by atoms with Gasteiger partial charge in [0.1, 0.15) is 5.82 Å². The fourth-order valence-electron chi connectivity index (χ4n) is 2.75. The van der Waals surface area contributed by atoms with E-state index in [-0.39, 0.29) is 6.03 Å². The van der Waals surface area contributed by atoms with Gasteiger partial charge >= 0.3 is 6.03 Å². The Bertz CT molecular complexity index is 872. The van der Waals surface area contributed by atoms with Crippen LogP contribution in [0.2, 0.25) is 0 Å². The summed E-state index contributed by atoms with van der Waals surface area (Å²) in [5, 5.41) is 6.74. The van der Waals surface area contributed by atoms with E-state index in [2.05, 4.69) is 39.4 Å². The van der Waals surface area contributed by atoms with Crippen molar-refractivity contribution in [2.45, 2.75) is 26.7 Å². The second-order valence-corrected chi connectivity index (χ2v) is 6.60. The summed E-state index contributed by atoms with van der Waals surface area (Å²) < 4.78 is 0. The molecule has 26 heavy (non-hydrogen) atoms. The summed E-state index contributed by atoms with van der Waals surface area (Å²) in [6.07, 6.45) is 6.64. The van der Waals surface area contributed by atoms with Gasteiger partial charge in [-0.1, -0.05) is 32.0 Å². The zero-order valence-corrected chi connectivity index (χ0v) is 15.1. The van der Waals surface area contributed by atoms with Crippen LogP contribution in [-0.4, -0.2) is 27.5 Å². The summed E-state index contributed by atoms with van der Waals surface area (Å²) >= 11 is 0. The molecular formula is C20H23N5O. The quantitative estimate of drug-likeness (QED) is 0.713. The highest BCUT2D eigenvalue weighted by atomic mass is 16.2. The van der Waals surface area contributed by atoms with E-state index in [0.717, 1.165) is 35.1 Å². The fourth-order valence-corrected chi connectivity index (χ4v) is 2.75. The molecule has 0 saturated carbocycles. The lowest BCUT2D eigenvalue weighted by atomic mass is 10.1. The molecule has 2 amide bonds. The highest BCUT2D eigenvalue weighted by Crippen LogP contribution is 2.16. The summed E-state index contributed by atoms with van der Waals surface area (Å²) in [6, 6.07) is 9.73. The monoisotopic (exact) mass is 349 g/mol. The van der Waals surface area contributed by atoms with E-state index in [1.807, 2.05) is 30.3 Å². The lowest BCUT2D eigenvalue weighted by Crippen LogP contribution is -2.30. The van der Waals surface area contributed by atoms with Crippen LogP contribution >= 0.6 is 0 Å². The van der Waals surface area contributed by atoms with Crippen LogP contribution in [0.25, 0.3) is 10.9 Å². The van der Waals surface area contributed by atoms with Crippen LogP contribution in [-0.2, 0) is 12.8 Å². The summed E-state index contributed by atoms with van der Waals surface area (Å²) in [4.78, 5) is 24.9. The molecule has 6 heteroatoms. The first kappa shape index (κ1) is 17.8. The molecule has 6 nitrogen and oxygen atoms in total. The predicted octanol–water partition coefficient (Wildman–Crippen LogP) is 3.59. The average molecular weight is 349 g/mol. The Kier molecular flexibility index (Phi) is 5.73. The first-order chi connectivity index (χ1) is 12.6. The Morgan fingerprint density at radius 3 is 2.62 bits per heavy atom. The number of rotatable bonds is 6. The normalized spacial score (nSPS) is 10.9. The Labute approximate surface area is 153 Å². The van der Waals surface area contributed by atoms with E-state index in [4.69, 9.17) is 0 Å². The second-order valence-electron chi connectivity index (χ2n) is 6.60. The maximum atomic E-state index is 12.0. The lowest BCUT2D eigenvalue weighted by Gasteiger charge is -2.09. The Balaban J connectivity index is 1.51. The number of para-hydroxylation sites is 1. The van der Waals surface area contributed by atoms with Crippen LogP contribution in [0.15, 0.2) is 48.9 Å². The molecule has 134 valence electrons. The number of fused-ring (bicyclic) bond motifs is 1.